The van der Waals surface area contributed by atoms with Gasteiger partial charge in [-0.15, -0.1) is 0 Å². The highest BCUT2D eigenvalue weighted by molar-refractivity contribution is 5.89. The fourth-order valence-electron chi connectivity index (χ4n) is 2.43. The summed E-state index contributed by atoms with van der Waals surface area (Å²) in [6, 6.07) is 23.6. The normalized spacial score (nSPS) is 10.0. The molecule has 3 rings (SSSR count). The first kappa shape index (κ1) is 19.1. The summed E-state index contributed by atoms with van der Waals surface area (Å²) in [6.45, 7) is 2.46. The van der Waals surface area contributed by atoms with Crippen molar-refractivity contribution in [3.63, 3.8) is 0 Å². The molecular weight excluding hydrogens is 356 g/mol. The molecule has 0 fully saturated rings. The second-order valence-corrected chi connectivity index (χ2v) is 5.74. The minimum atomic E-state index is -0.370. The maximum atomic E-state index is 12.0. The van der Waals surface area contributed by atoms with Gasteiger partial charge < -0.3 is 24.8 Å². The number of ether oxygens (including phenoxy) is 3. The Labute approximate surface area is 164 Å². The van der Waals surface area contributed by atoms with Crippen molar-refractivity contribution in [3.8, 4) is 23.0 Å². The minimum absolute atomic E-state index is 0.0190. The van der Waals surface area contributed by atoms with E-state index in [1.54, 1.807) is 30.3 Å². The SMILES string of the molecule is CCOc1ccccc1OCNC(=O)Nc1ccc(Oc2ccccc2)cc1. The predicted octanol–water partition coefficient (Wildman–Crippen LogP) is 5.04. The minimum Gasteiger partial charge on any atom is -0.490 e. The number of hydrogen-bond donors (Lipinski definition) is 2. The van der Waals surface area contributed by atoms with E-state index in [1.165, 1.54) is 0 Å². The molecular formula is C22H22N2O4. The van der Waals surface area contributed by atoms with Crippen LogP contribution in [0.5, 0.6) is 23.0 Å². The molecule has 0 heterocycles. The van der Waals surface area contributed by atoms with Gasteiger partial charge in [0.25, 0.3) is 0 Å². The van der Waals surface area contributed by atoms with Crippen molar-refractivity contribution < 1.29 is 19.0 Å². The first-order valence-corrected chi connectivity index (χ1v) is 8.97. The predicted molar refractivity (Wildman–Crippen MR) is 108 cm³/mol. The van der Waals surface area contributed by atoms with Gasteiger partial charge in [-0.2, -0.15) is 0 Å². The molecule has 6 heteroatoms. The van der Waals surface area contributed by atoms with Crippen molar-refractivity contribution in [1.29, 1.82) is 0 Å². The van der Waals surface area contributed by atoms with Crippen LogP contribution in [0.1, 0.15) is 6.92 Å². The monoisotopic (exact) mass is 378 g/mol. The molecule has 28 heavy (non-hydrogen) atoms. The molecule has 2 N–H and O–H groups in total. The number of anilines is 1. The molecule has 6 nitrogen and oxygen atoms in total. The van der Waals surface area contributed by atoms with E-state index in [-0.39, 0.29) is 12.8 Å². The number of urea groups is 1. The van der Waals surface area contributed by atoms with E-state index in [9.17, 15) is 4.79 Å². The van der Waals surface area contributed by atoms with Crippen LogP contribution in [0.3, 0.4) is 0 Å². The van der Waals surface area contributed by atoms with Gasteiger partial charge in [-0.3, -0.25) is 0 Å². The fourth-order valence-corrected chi connectivity index (χ4v) is 2.43. The maximum absolute atomic E-state index is 12.0. The molecule has 0 aliphatic carbocycles. The van der Waals surface area contributed by atoms with E-state index in [4.69, 9.17) is 14.2 Å². The second-order valence-electron chi connectivity index (χ2n) is 5.74. The maximum Gasteiger partial charge on any atom is 0.321 e. The zero-order valence-electron chi connectivity index (χ0n) is 15.6. The molecule has 0 aromatic heterocycles. The highest BCUT2D eigenvalue weighted by Crippen LogP contribution is 2.26. The molecule has 2 amide bonds. The average molecular weight is 378 g/mol. The number of amides is 2. The van der Waals surface area contributed by atoms with Crippen LogP contribution in [-0.2, 0) is 0 Å². The molecule has 0 aliphatic heterocycles. The van der Waals surface area contributed by atoms with Gasteiger partial charge in [-0.05, 0) is 55.5 Å². The van der Waals surface area contributed by atoms with Crippen LogP contribution in [0.15, 0.2) is 78.9 Å². The molecule has 0 aliphatic rings. The number of para-hydroxylation sites is 3. The topological polar surface area (TPSA) is 68.8 Å². The van der Waals surface area contributed by atoms with Gasteiger partial charge in [0.1, 0.15) is 11.5 Å². The first-order chi connectivity index (χ1) is 13.7. The molecule has 0 spiro atoms. The molecule has 0 unspecified atom stereocenters. The lowest BCUT2D eigenvalue weighted by Gasteiger charge is -2.13. The zero-order valence-corrected chi connectivity index (χ0v) is 15.6. The third kappa shape index (κ3) is 5.67. The van der Waals surface area contributed by atoms with Crippen molar-refractivity contribution in [3.05, 3.63) is 78.9 Å². The lowest BCUT2D eigenvalue weighted by atomic mass is 10.3. The number of carbonyl (C=O) groups is 1. The highest BCUT2D eigenvalue weighted by atomic mass is 16.5. The van der Waals surface area contributed by atoms with E-state index in [0.717, 1.165) is 5.75 Å². The summed E-state index contributed by atoms with van der Waals surface area (Å²) in [6.07, 6.45) is 0. The summed E-state index contributed by atoms with van der Waals surface area (Å²) >= 11 is 0. The Bertz CT molecular complexity index is 883. The largest absolute Gasteiger partial charge is 0.490 e. The van der Waals surface area contributed by atoms with Gasteiger partial charge in [0.15, 0.2) is 18.2 Å². The Morgan fingerprint density at radius 2 is 1.39 bits per heavy atom. The van der Waals surface area contributed by atoms with Gasteiger partial charge in [0.05, 0.1) is 6.61 Å². The van der Waals surface area contributed by atoms with Crippen LogP contribution in [0.4, 0.5) is 10.5 Å². The Morgan fingerprint density at radius 1 is 0.786 bits per heavy atom. The molecule has 0 bridgehead atoms. The molecule has 0 atom stereocenters. The number of hydrogen-bond acceptors (Lipinski definition) is 4. The van der Waals surface area contributed by atoms with Crippen molar-refractivity contribution in [1.82, 2.24) is 5.32 Å². The fraction of sp³-hybridized carbons (Fsp3) is 0.136. The zero-order chi connectivity index (χ0) is 19.6. The van der Waals surface area contributed by atoms with Gasteiger partial charge in [-0.1, -0.05) is 30.3 Å². The highest BCUT2D eigenvalue weighted by Gasteiger charge is 2.05. The van der Waals surface area contributed by atoms with Gasteiger partial charge >= 0.3 is 6.03 Å². The standard InChI is InChI=1S/C22H22N2O4/c1-2-26-20-10-6-7-11-21(20)27-16-23-22(25)24-17-12-14-19(15-13-17)28-18-8-4-3-5-9-18/h3-15H,2,16H2,1H3,(H2,23,24,25). The summed E-state index contributed by atoms with van der Waals surface area (Å²) in [5, 5.41) is 5.39. The van der Waals surface area contributed by atoms with E-state index in [0.29, 0.717) is 29.5 Å². The summed E-state index contributed by atoms with van der Waals surface area (Å²) in [5.74, 6) is 2.66. The van der Waals surface area contributed by atoms with Crippen LogP contribution in [0.25, 0.3) is 0 Å². The number of carbonyl (C=O) groups excluding carboxylic acids is 1. The summed E-state index contributed by atoms with van der Waals surface area (Å²) in [4.78, 5) is 12.0. The van der Waals surface area contributed by atoms with Crippen LogP contribution >= 0.6 is 0 Å². The van der Waals surface area contributed by atoms with Crippen LogP contribution < -0.4 is 24.8 Å². The lowest BCUT2D eigenvalue weighted by Crippen LogP contribution is -2.32. The second kappa shape index (κ2) is 9.87. The third-order valence-corrected chi connectivity index (χ3v) is 3.70. The van der Waals surface area contributed by atoms with Crippen LogP contribution in [-0.4, -0.2) is 19.4 Å². The Hall–Kier alpha value is -3.67. The van der Waals surface area contributed by atoms with Gasteiger partial charge in [0.2, 0.25) is 0 Å². The Balaban J connectivity index is 1.46. The van der Waals surface area contributed by atoms with Crippen molar-refractivity contribution in [2.24, 2.45) is 0 Å². The number of benzene rings is 3. The van der Waals surface area contributed by atoms with E-state index >= 15 is 0 Å². The molecule has 0 radical (unpaired) electrons. The van der Waals surface area contributed by atoms with Gasteiger partial charge in [0, 0.05) is 5.69 Å². The molecule has 144 valence electrons. The van der Waals surface area contributed by atoms with Crippen LogP contribution in [0, 0.1) is 0 Å². The molecule has 0 saturated carbocycles. The van der Waals surface area contributed by atoms with E-state index in [1.807, 2.05) is 55.5 Å². The molecule has 3 aromatic rings. The summed E-state index contributed by atoms with van der Waals surface area (Å²) < 4.78 is 16.8. The summed E-state index contributed by atoms with van der Waals surface area (Å²) in [5.41, 5.74) is 0.646. The molecule has 3 aromatic carbocycles. The Kier molecular flexibility index (Phi) is 6.73. The van der Waals surface area contributed by atoms with Crippen LogP contribution in [0.2, 0.25) is 0 Å². The Morgan fingerprint density at radius 3 is 2.07 bits per heavy atom. The average Bonchev–Trinajstić information content (AvgIpc) is 2.72. The van der Waals surface area contributed by atoms with Gasteiger partial charge in [-0.25, -0.2) is 4.79 Å². The number of rotatable bonds is 8. The first-order valence-electron chi connectivity index (χ1n) is 8.97. The van der Waals surface area contributed by atoms with Crippen molar-refractivity contribution >= 4 is 11.7 Å². The third-order valence-electron chi connectivity index (χ3n) is 3.70. The van der Waals surface area contributed by atoms with E-state index < -0.39 is 0 Å². The number of nitrogens with one attached hydrogen (secondary N) is 2. The van der Waals surface area contributed by atoms with Crippen molar-refractivity contribution in [2.75, 3.05) is 18.7 Å². The molecule has 0 saturated heterocycles. The summed E-state index contributed by atoms with van der Waals surface area (Å²) in [7, 11) is 0. The smallest absolute Gasteiger partial charge is 0.321 e. The quantitative estimate of drug-likeness (QED) is 0.539. The van der Waals surface area contributed by atoms with Crippen molar-refractivity contribution in [2.45, 2.75) is 6.92 Å². The lowest BCUT2D eigenvalue weighted by molar-refractivity contribution is 0.229. The van der Waals surface area contributed by atoms with E-state index in [2.05, 4.69) is 10.6 Å².